The second-order valence-electron chi connectivity index (χ2n) is 6.32. The Morgan fingerprint density at radius 3 is 2.46 bits per heavy atom. The molecule has 3 aromatic rings. The molecular weight excluding hydrogens is 358 g/mol. The molecule has 1 aliphatic rings. The van der Waals surface area contributed by atoms with Gasteiger partial charge in [0, 0.05) is 22.8 Å². The van der Waals surface area contributed by atoms with E-state index in [1.807, 2.05) is 49.2 Å². The molecule has 0 saturated heterocycles. The first kappa shape index (κ1) is 17.3. The van der Waals surface area contributed by atoms with Crippen LogP contribution in [0.15, 0.2) is 87.0 Å². The fourth-order valence-electron chi connectivity index (χ4n) is 3.15. The molecule has 2 atom stereocenters. The fraction of sp³-hybridized carbons (Fsp3) is 0.136. The Morgan fingerprint density at radius 1 is 0.962 bits per heavy atom. The van der Waals surface area contributed by atoms with Gasteiger partial charge in [0.1, 0.15) is 0 Å². The normalized spacial score (nSPS) is 17.3. The minimum absolute atomic E-state index is 0.0202. The summed E-state index contributed by atoms with van der Waals surface area (Å²) in [5.41, 5.74) is 4.94. The third kappa shape index (κ3) is 3.53. The van der Waals surface area contributed by atoms with Crippen LogP contribution in [-0.2, 0) is 16.7 Å². The van der Waals surface area contributed by atoms with Crippen molar-refractivity contribution in [2.75, 3.05) is 0 Å². The Hall–Kier alpha value is -2.17. The molecule has 4 rings (SSSR count). The summed E-state index contributed by atoms with van der Waals surface area (Å²) in [6.45, 7) is 2.02. The van der Waals surface area contributed by atoms with Gasteiger partial charge >= 0.3 is 0 Å². The van der Waals surface area contributed by atoms with E-state index in [0.717, 1.165) is 16.2 Å². The molecule has 0 aliphatic carbocycles. The maximum absolute atomic E-state index is 12.6. The number of aryl methyl sites for hydroxylation is 1. The molecule has 0 fully saturated rings. The van der Waals surface area contributed by atoms with Gasteiger partial charge in [-0.15, -0.1) is 11.8 Å². The van der Waals surface area contributed by atoms with Gasteiger partial charge in [0.05, 0.1) is 4.90 Å². The minimum Gasteiger partial charge on any atom is -0.230 e. The number of hydrogen-bond donors (Lipinski definition) is 0. The van der Waals surface area contributed by atoms with E-state index in [0.29, 0.717) is 0 Å². The van der Waals surface area contributed by atoms with Crippen LogP contribution in [0.2, 0.25) is 0 Å². The van der Waals surface area contributed by atoms with Crippen molar-refractivity contribution in [1.29, 1.82) is 0 Å². The largest absolute Gasteiger partial charge is 0.230 e. The van der Waals surface area contributed by atoms with Gasteiger partial charge in [0.2, 0.25) is 0 Å². The fourth-order valence-corrected chi connectivity index (χ4v) is 4.99. The van der Waals surface area contributed by atoms with E-state index < -0.39 is 11.0 Å². The van der Waals surface area contributed by atoms with Gasteiger partial charge < -0.3 is 0 Å². The molecule has 2 unspecified atom stereocenters. The highest BCUT2D eigenvalue weighted by atomic mass is 32.2. The predicted octanol–water partition coefficient (Wildman–Crippen LogP) is 5.53. The molecule has 0 bridgehead atoms. The van der Waals surface area contributed by atoms with Gasteiger partial charge in [-0.05, 0) is 41.8 Å². The summed E-state index contributed by atoms with van der Waals surface area (Å²) in [6.07, 6.45) is 1.86. The van der Waals surface area contributed by atoms with Gasteiger partial charge in [-0.1, -0.05) is 60.2 Å². The lowest BCUT2D eigenvalue weighted by Gasteiger charge is -2.15. The molecule has 2 nitrogen and oxygen atoms in total. The van der Waals surface area contributed by atoms with E-state index in [-0.39, 0.29) is 5.92 Å². The molecule has 0 aromatic heterocycles. The van der Waals surface area contributed by atoms with Crippen LogP contribution in [0.3, 0.4) is 0 Å². The van der Waals surface area contributed by atoms with Crippen LogP contribution in [0.4, 0.5) is 0 Å². The topological polar surface area (TPSA) is 29.4 Å². The van der Waals surface area contributed by atoms with Gasteiger partial charge in [-0.3, -0.25) is 0 Å². The van der Waals surface area contributed by atoms with Crippen molar-refractivity contribution in [3.63, 3.8) is 0 Å². The molecule has 1 aliphatic heterocycles. The molecule has 0 saturated carbocycles. The lowest BCUT2D eigenvalue weighted by Crippen LogP contribution is -2.05. The Balaban J connectivity index is 1.73. The average molecular weight is 378 g/mol. The standard InChI is InChI=1S/C22H19NOS2/c1-16-10-12-18(13-11-16)26(24)23-14-21-19-7-3-2-6-17(19)15-25-22-9-5-4-8-20(21)22/h2-14,21H,15H2,1H3. The zero-order valence-electron chi connectivity index (χ0n) is 14.5. The highest BCUT2D eigenvalue weighted by molar-refractivity contribution is 7.98. The smallest absolute Gasteiger partial charge is 0.172 e. The maximum Gasteiger partial charge on any atom is 0.172 e. The Morgan fingerprint density at radius 2 is 1.65 bits per heavy atom. The van der Waals surface area contributed by atoms with Crippen LogP contribution in [0.5, 0.6) is 0 Å². The quantitative estimate of drug-likeness (QED) is 0.562. The van der Waals surface area contributed by atoms with Crippen molar-refractivity contribution in [3.8, 4) is 0 Å². The summed E-state index contributed by atoms with van der Waals surface area (Å²) < 4.78 is 17.0. The zero-order chi connectivity index (χ0) is 17.9. The second-order valence-corrected chi connectivity index (χ2v) is 8.52. The van der Waals surface area contributed by atoms with Crippen molar-refractivity contribution in [2.24, 2.45) is 4.40 Å². The minimum atomic E-state index is -1.39. The van der Waals surface area contributed by atoms with Gasteiger partial charge in [-0.25, -0.2) is 4.21 Å². The molecule has 0 radical (unpaired) electrons. The van der Waals surface area contributed by atoms with Crippen LogP contribution in [0.25, 0.3) is 0 Å². The Kier molecular flexibility index (Phi) is 5.05. The van der Waals surface area contributed by atoms with Gasteiger partial charge in [0.15, 0.2) is 11.0 Å². The van der Waals surface area contributed by atoms with Crippen LogP contribution in [0, 0.1) is 6.92 Å². The number of nitrogens with zero attached hydrogens (tertiary/aromatic N) is 1. The summed E-state index contributed by atoms with van der Waals surface area (Å²) in [5, 5.41) is 0. The summed E-state index contributed by atoms with van der Waals surface area (Å²) in [4.78, 5) is 2.00. The van der Waals surface area contributed by atoms with E-state index in [2.05, 4.69) is 52.9 Å². The van der Waals surface area contributed by atoms with E-state index >= 15 is 0 Å². The Labute approximate surface area is 161 Å². The maximum atomic E-state index is 12.6. The first-order valence-electron chi connectivity index (χ1n) is 8.54. The summed E-state index contributed by atoms with van der Waals surface area (Å²) >= 11 is 1.85. The van der Waals surface area contributed by atoms with E-state index in [9.17, 15) is 4.21 Å². The molecule has 0 spiro atoms. The molecule has 0 amide bonds. The summed E-state index contributed by atoms with van der Waals surface area (Å²) in [5.74, 6) is 0.963. The molecule has 0 N–H and O–H groups in total. The first-order chi connectivity index (χ1) is 12.7. The van der Waals surface area contributed by atoms with Crippen molar-refractivity contribution in [3.05, 3.63) is 95.1 Å². The lowest BCUT2D eigenvalue weighted by molar-refractivity contribution is 0.684. The van der Waals surface area contributed by atoms with Crippen LogP contribution in [-0.4, -0.2) is 10.4 Å². The molecule has 4 heteroatoms. The van der Waals surface area contributed by atoms with E-state index in [1.54, 1.807) is 0 Å². The van der Waals surface area contributed by atoms with Crippen molar-refractivity contribution >= 4 is 29.0 Å². The predicted molar refractivity (Wildman–Crippen MR) is 110 cm³/mol. The zero-order valence-corrected chi connectivity index (χ0v) is 16.1. The summed E-state index contributed by atoms with van der Waals surface area (Å²) in [7, 11) is -1.39. The van der Waals surface area contributed by atoms with Gasteiger partial charge in [-0.2, -0.15) is 4.40 Å². The second kappa shape index (κ2) is 7.60. The molecule has 3 aromatic carbocycles. The lowest BCUT2D eigenvalue weighted by atomic mass is 9.89. The average Bonchev–Trinajstić information content (AvgIpc) is 2.84. The number of thioether (sulfide) groups is 1. The third-order valence-electron chi connectivity index (χ3n) is 4.56. The highest BCUT2D eigenvalue weighted by Gasteiger charge is 2.22. The number of fused-ring (bicyclic) bond motifs is 2. The number of rotatable bonds is 3. The third-order valence-corrected chi connectivity index (χ3v) is 6.68. The number of benzene rings is 3. The van der Waals surface area contributed by atoms with Crippen molar-refractivity contribution in [2.45, 2.75) is 28.4 Å². The van der Waals surface area contributed by atoms with Crippen LogP contribution >= 0.6 is 11.8 Å². The monoisotopic (exact) mass is 377 g/mol. The van der Waals surface area contributed by atoms with Crippen LogP contribution < -0.4 is 0 Å². The molecular formula is C22H19NOS2. The first-order valence-corrected chi connectivity index (χ1v) is 10.6. The van der Waals surface area contributed by atoms with Gasteiger partial charge in [0.25, 0.3) is 0 Å². The van der Waals surface area contributed by atoms with Crippen molar-refractivity contribution < 1.29 is 4.21 Å². The van der Waals surface area contributed by atoms with Crippen molar-refractivity contribution in [1.82, 2.24) is 0 Å². The van der Waals surface area contributed by atoms with Crippen LogP contribution in [0.1, 0.15) is 28.2 Å². The number of hydrogen-bond acceptors (Lipinski definition) is 2. The molecule has 26 heavy (non-hydrogen) atoms. The Bertz CT molecular complexity index is 932. The summed E-state index contributed by atoms with van der Waals surface area (Å²) in [6, 6.07) is 24.6. The van der Waals surface area contributed by atoms with E-state index in [1.165, 1.54) is 21.6 Å². The highest BCUT2D eigenvalue weighted by Crippen LogP contribution is 2.39. The molecule has 1 heterocycles. The SMILES string of the molecule is Cc1ccc(S(=O)N=CC2c3ccccc3CSc3ccccc32)cc1. The van der Waals surface area contributed by atoms with E-state index in [4.69, 9.17) is 0 Å². The molecule has 130 valence electrons.